The number of ether oxygens (including phenoxy) is 1. The van der Waals surface area contributed by atoms with Crippen molar-refractivity contribution < 1.29 is 14.3 Å². The van der Waals surface area contributed by atoms with E-state index in [-0.39, 0.29) is 42.0 Å². The van der Waals surface area contributed by atoms with Gasteiger partial charge < -0.3 is 15.4 Å². The molecule has 3 atom stereocenters. The van der Waals surface area contributed by atoms with E-state index in [0.29, 0.717) is 13.0 Å². The molecule has 0 spiro atoms. The molecule has 2 amide bonds. The summed E-state index contributed by atoms with van der Waals surface area (Å²) >= 11 is 0. The van der Waals surface area contributed by atoms with E-state index in [4.69, 9.17) is 4.74 Å². The van der Waals surface area contributed by atoms with Gasteiger partial charge in [-0.3, -0.25) is 14.5 Å². The van der Waals surface area contributed by atoms with Gasteiger partial charge in [-0.15, -0.1) is 0 Å². The molecule has 0 aromatic carbocycles. The number of rotatable bonds is 6. The summed E-state index contributed by atoms with van der Waals surface area (Å²) < 4.78 is 5.72. The minimum absolute atomic E-state index is 0.0392. The van der Waals surface area contributed by atoms with Gasteiger partial charge in [-0.1, -0.05) is 20.8 Å². The molecule has 6 heteroatoms. The number of nitrogens with zero attached hydrogens (tertiary/aromatic N) is 1. The first kappa shape index (κ1) is 19.9. The van der Waals surface area contributed by atoms with Crippen LogP contribution in [-0.2, 0) is 14.3 Å². The summed E-state index contributed by atoms with van der Waals surface area (Å²) in [5.41, 5.74) is -0.0706. The van der Waals surface area contributed by atoms with Crippen molar-refractivity contribution in [3.8, 4) is 0 Å². The molecule has 1 aliphatic heterocycles. The zero-order valence-electron chi connectivity index (χ0n) is 15.4. The third-order valence-corrected chi connectivity index (χ3v) is 3.80. The van der Waals surface area contributed by atoms with Crippen LogP contribution < -0.4 is 10.6 Å². The first-order valence-electron chi connectivity index (χ1n) is 8.49. The van der Waals surface area contributed by atoms with E-state index in [0.717, 1.165) is 13.1 Å². The smallest absolute Gasteiger partial charge is 0.239 e. The van der Waals surface area contributed by atoms with E-state index in [9.17, 15) is 9.59 Å². The summed E-state index contributed by atoms with van der Waals surface area (Å²) in [6.07, 6.45) is 0.849. The predicted octanol–water partition coefficient (Wildman–Crippen LogP) is 1.15. The lowest BCUT2D eigenvalue weighted by atomic mass is 9.92. The summed E-state index contributed by atoms with van der Waals surface area (Å²) in [5.74, 6) is -0.231. The third-order valence-electron chi connectivity index (χ3n) is 3.80. The van der Waals surface area contributed by atoms with Crippen molar-refractivity contribution in [3.63, 3.8) is 0 Å². The van der Waals surface area contributed by atoms with E-state index >= 15 is 0 Å². The highest BCUT2D eigenvalue weighted by Crippen LogP contribution is 2.17. The molecule has 23 heavy (non-hydrogen) atoms. The summed E-state index contributed by atoms with van der Waals surface area (Å²) in [6.45, 7) is 14.6. The molecule has 1 heterocycles. The van der Waals surface area contributed by atoms with Crippen molar-refractivity contribution >= 4 is 11.8 Å². The SMILES string of the molecule is C[C@@H]1CN([C@H](C)CNC(=O)CNC(=O)CC(C)(C)C)C[C@H](C)O1. The minimum Gasteiger partial charge on any atom is -0.373 e. The number of morpholine rings is 1. The van der Waals surface area contributed by atoms with Gasteiger partial charge in [-0.05, 0) is 26.2 Å². The van der Waals surface area contributed by atoms with Crippen molar-refractivity contribution in [1.82, 2.24) is 15.5 Å². The Morgan fingerprint density at radius 1 is 1.13 bits per heavy atom. The van der Waals surface area contributed by atoms with E-state index in [1.165, 1.54) is 0 Å². The van der Waals surface area contributed by atoms with Crippen molar-refractivity contribution in [2.45, 2.75) is 66.2 Å². The molecule has 0 unspecified atom stereocenters. The Morgan fingerprint density at radius 3 is 2.22 bits per heavy atom. The molecule has 0 aromatic heterocycles. The monoisotopic (exact) mass is 327 g/mol. The van der Waals surface area contributed by atoms with Gasteiger partial charge in [-0.25, -0.2) is 0 Å². The molecule has 0 aliphatic carbocycles. The van der Waals surface area contributed by atoms with Gasteiger partial charge in [-0.2, -0.15) is 0 Å². The van der Waals surface area contributed by atoms with Crippen LogP contribution in [0.4, 0.5) is 0 Å². The standard InChI is InChI=1S/C17H33N3O3/c1-12(20-10-13(2)23-14(3)11-20)8-18-16(22)9-19-15(21)7-17(4,5)6/h12-14H,7-11H2,1-6H3,(H,18,22)(H,19,21)/t12-,13-,14+/m1/s1. The fourth-order valence-corrected chi connectivity index (χ4v) is 2.75. The van der Waals surface area contributed by atoms with Crippen molar-refractivity contribution in [1.29, 1.82) is 0 Å². The summed E-state index contributed by atoms with van der Waals surface area (Å²) in [7, 11) is 0. The topological polar surface area (TPSA) is 70.7 Å². The lowest BCUT2D eigenvalue weighted by Crippen LogP contribution is -2.52. The van der Waals surface area contributed by atoms with E-state index in [2.05, 4.69) is 36.3 Å². The highest BCUT2D eigenvalue weighted by atomic mass is 16.5. The summed E-state index contributed by atoms with van der Waals surface area (Å²) in [6, 6.07) is 0.248. The maximum atomic E-state index is 11.9. The molecule has 0 aromatic rings. The van der Waals surface area contributed by atoms with Crippen LogP contribution in [-0.4, -0.2) is 61.1 Å². The maximum absolute atomic E-state index is 11.9. The third kappa shape index (κ3) is 8.32. The average molecular weight is 327 g/mol. The summed E-state index contributed by atoms with van der Waals surface area (Å²) in [4.78, 5) is 25.9. The van der Waals surface area contributed by atoms with E-state index < -0.39 is 0 Å². The molecular weight excluding hydrogens is 294 g/mol. The second-order valence-electron chi connectivity index (χ2n) is 7.88. The van der Waals surface area contributed by atoms with E-state index in [1.807, 2.05) is 20.8 Å². The second-order valence-corrected chi connectivity index (χ2v) is 7.88. The molecule has 1 rings (SSSR count). The van der Waals surface area contributed by atoms with Crippen LogP contribution in [0.25, 0.3) is 0 Å². The zero-order valence-corrected chi connectivity index (χ0v) is 15.4. The molecular formula is C17H33N3O3. The Hall–Kier alpha value is -1.14. The number of carbonyl (C=O) groups excluding carboxylic acids is 2. The lowest BCUT2D eigenvalue weighted by Gasteiger charge is -2.39. The van der Waals surface area contributed by atoms with Crippen LogP contribution in [0.1, 0.15) is 48.0 Å². The molecule has 2 N–H and O–H groups in total. The molecule has 0 saturated carbocycles. The number of hydrogen-bond donors (Lipinski definition) is 2. The Labute approximate surface area is 140 Å². The average Bonchev–Trinajstić information content (AvgIpc) is 2.39. The van der Waals surface area contributed by atoms with Crippen molar-refractivity contribution in [2.75, 3.05) is 26.2 Å². The van der Waals surface area contributed by atoms with Gasteiger partial charge in [0.15, 0.2) is 0 Å². The van der Waals surface area contributed by atoms with Gasteiger partial charge in [0.1, 0.15) is 0 Å². The first-order valence-corrected chi connectivity index (χ1v) is 8.49. The van der Waals surface area contributed by atoms with Crippen molar-refractivity contribution in [3.05, 3.63) is 0 Å². The Balaban J connectivity index is 2.26. The predicted molar refractivity (Wildman–Crippen MR) is 91.1 cm³/mol. The second kappa shape index (κ2) is 8.64. The Morgan fingerprint density at radius 2 is 1.70 bits per heavy atom. The van der Waals surface area contributed by atoms with Crippen LogP contribution in [0, 0.1) is 5.41 Å². The van der Waals surface area contributed by atoms with Crippen LogP contribution in [0.5, 0.6) is 0 Å². The van der Waals surface area contributed by atoms with Gasteiger partial charge in [0.05, 0.1) is 18.8 Å². The number of carbonyl (C=O) groups is 2. The highest BCUT2D eigenvalue weighted by molar-refractivity contribution is 5.84. The van der Waals surface area contributed by atoms with Crippen molar-refractivity contribution in [2.24, 2.45) is 5.41 Å². The van der Waals surface area contributed by atoms with E-state index in [1.54, 1.807) is 0 Å². The molecule has 6 nitrogen and oxygen atoms in total. The van der Waals surface area contributed by atoms with Crippen LogP contribution >= 0.6 is 0 Å². The van der Waals surface area contributed by atoms with Gasteiger partial charge in [0, 0.05) is 32.1 Å². The van der Waals surface area contributed by atoms with Crippen LogP contribution in [0.2, 0.25) is 0 Å². The van der Waals surface area contributed by atoms with Crippen LogP contribution in [0.15, 0.2) is 0 Å². The quantitative estimate of drug-likeness (QED) is 0.768. The van der Waals surface area contributed by atoms with Gasteiger partial charge in [0.2, 0.25) is 11.8 Å². The molecule has 1 fully saturated rings. The van der Waals surface area contributed by atoms with Gasteiger partial charge in [0.25, 0.3) is 0 Å². The Kier molecular flexibility index (Phi) is 7.48. The van der Waals surface area contributed by atoms with Crippen LogP contribution in [0.3, 0.4) is 0 Å². The number of hydrogen-bond acceptors (Lipinski definition) is 4. The minimum atomic E-state index is -0.145. The highest BCUT2D eigenvalue weighted by Gasteiger charge is 2.25. The summed E-state index contributed by atoms with van der Waals surface area (Å²) in [5, 5.41) is 5.56. The fraction of sp³-hybridized carbons (Fsp3) is 0.882. The largest absolute Gasteiger partial charge is 0.373 e. The lowest BCUT2D eigenvalue weighted by molar-refractivity contribution is -0.127. The zero-order chi connectivity index (χ0) is 17.6. The molecule has 134 valence electrons. The number of nitrogens with one attached hydrogen (secondary N) is 2. The number of amides is 2. The fourth-order valence-electron chi connectivity index (χ4n) is 2.75. The molecule has 1 aliphatic rings. The maximum Gasteiger partial charge on any atom is 0.239 e. The Bertz CT molecular complexity index is 396. The molecule has 0 radical (unpaired) electrons. The first-order chi connectivity index (χ1) is 10.6. The molecule has 1 saturated heterocycles. The molecule has 0 bridgehead atoms. The van der Waals surface area contributed by atoms with Gasteiger partial charge >= 0.3 is 0 Å². The normalized spacial score (nSPS) is 24.1.